The minimum atomic E-state index is -0.0773. The molecule has 148 valence electrons. The maximum absolute atomic E-state index is 13.2. The largest absolute Gasteiger partial charge is 0.467 e. The van der Waals surface area contributed by atoms with Gasteiger partial charge in [-0.1, -0.05) is 18.2 Å². The fourth-order valence-electron chi connectivity index (χ4n) is 3.62. The second-order valence-electron chi connectivity index (χ2n) is 7.52. The predicted molar refractivity (Wildman–Crippen MR) is 104 cm³/mol. The van der Waals surface area contributed by atoms with Crippen molar-refractivity contribution in [1.82, 2.24) is 9.80 Å². The number of ether oxygens (including phenoxy) is 1. The number of nitrogens with zero attached hydrogens (tertiary/aromatic N) is 2. The molecule has 1 aromatic heterocycles. The van der Waals surface area contributed by atoms with E-state index in [0.717, 1.165) is 38.1 Å². The monoisotopic (exact) mass is 382 g/mol. The molecule has 1 aromatic carbocycles. The zero-order valence-corrected chi connectivity index (χ0v) is 16.0. The zero-order chi connectivity index (χ0) is 19.3. The fraction of sp³-hybridized carbons (Fsp3) is 0.455. The molecule has 1 saturated carbocycles. The Hall–Kier alpha value is -2.60. The van der Waals surface area contributed by atoms with E-state index in [2.05, 4.69) is 0 Å². The Morgan fingerprint density at radius 1 is 1.04 bits per heavy atom. The smallest absolute Gasteiger partial charge is 0.254 e. The molecule has 6 heteroatoms. The highest BCUT2D eigenvalue weighted by Gasteiger charge is 2.35. The Morgan fingerprint density at radius 3 is 2.50 bits per heavy atom. The van der Waals surface area contributed by atoms with Crippen molar-refractivity contribution in [2.45, 2.75) is 44.4 Å². The van der Waals surface area contributed by atoms with Crippen molar-refractivity contribution in [1.29, 1.82) is 0 Å². The van der Waals surface area contributed by atoms with E-state index in [9.17, 15) is 9.59 Å². The van der Waals surface area contributed by atoms with Crippen LogP contribution in [0.2, 0.25) is 0 Å². The van der Waals surface area contributed by atoms with E-state index in [1.165, 1.54) is 0 Å². The summed E-state index contributed by atoms with van der Waals surface area (Å²) in [7, 11) is 0. The average Bonchev–Trinajstić information content (AvgIpc) is 3.18. The van der Waals surface area contributed by atoms with E-state index in [4.69, 9.17) is 9.15 Å². The zero-order valence-electron chi connectivity index (χ0n) is 16.0. The van der Waals surface area contributed by atoms with Crippen molar-refractivity contribution in [3.8, 4) is 0 Å². The van der Waals surface area contributed by atoms with Gasteiger partial charge < -0.3 is 19.0 Å². The highest BCUT2D eigenvalue weighted by molar-refractivity contribution is 5.96. The van der Waals surface area contributed by atoms with Gasteiger partial charge in [-0.15, -0.1) is 0 Å². The molecule has 0 radical (unpaired) electrons. The topological polar surface area (TPSA) is 63.0 Å². The van der Waals surface area contributed by atoms with Crippen molar-refractivity contribution in [2.75, 3.05) is 19.7 Å². The third-order valence-corrected chi connectivity index (χ3v) is 5.30. The summed E-state index contributed by atoms with van der Waals surface area (Å²) in [6, 6.07) is 13.0. The summed E-state index contributed by atoms with van der Waals surface area (Å²) in [5.41, 5.74) is 0.624. The molecule has 2 aliphatic rings. The lowest BCUT2D eigenvalue weighted by atomic mass is 10.2. The average molecular weight is 382 g/mol. The second kappa shape index (κ2) is 8.61. The molecule has 0 bridgehead atoms. The predicted octanol–water partition coefficient (Wildman–Crippen LogP) is 3.09. The van der Waals surface area contributed by atoms with Crippen molar-refractivity contribution < 1.29 is 18.7 Å². The first-order valence-corrected chi connectivity index (χ1v) is 9.98. The first kappa shape index (κ1) is 18.7. The van der Waals surface area contributed by atoms with Crippen LogP contribution in [0.3, 0.4) is 0 Å². The molecular formula is C22H26N2O4. The standard InChI is InChI=1S/C22H26N2O4/c25-21(16-24(18-10-11-18)22(26)17-6-2-1-3-7-17)23(14-19-8-4-12-27-19)15-20-9-5-13-28-20/h1-4,6-8,12,18,20H,5,9-11,13-16H2/t20-/m1/s1. The van der Waals surface area contributed by atoms with E-state index < -0.39 is 0 Å². The summed E-state index contributed by atoms with van der Waals surface area (Å²) < 4.78 is 11.2. The van der Waals surface area contributed by atoms with Crippen molar-refractivity contribution in [3.05, 3.63) is 60.1 Å². The van der Waals surface area contributed by atoms with Gasteiger partial charge in [0.1, 0.15) is 12.3 Å². The van der Waals surface area contributed by atoms with Gasteiger partial charge in [-0.25, -0.2) is 0 Å². The minimum absolute atomic E-state index is 0.0538. The van der Waals surface area contributed by atoms with Crippen LogP contribution < -0.4 is 0 Å². The van der Waals surface area contributed by atoms with Crippen LogP contribution in [-0.2, 0) is 16.1 Å². The van der Waals surface area contributed by atoms with Crippen molar-refractivity contribution >= 4 is 11.8 Å². The molecular weight excluding hydrogens is 356 g/mol. The number of hydrogen-bond donors (Lipinski definition) is 0. The van der Waals surface area contributed by atoms with Gasteiger partial charge in [-0.2, -0.15) is 0 Å². The second-order valence-corrected chi connectivity index (χ2v) is 7.52. The molecule has 2 fully saturated rings. The normalized spacial score (nSPS) is 18.8. The first-order valence-electron chi connectivity index (χ1n) is 9.98. The molecule has 0 N–H and O–H groups in total. The number of hydrogen-bond acceptors (Lipinski definition) is 4. The third-order valence-electron chi connectivity index (χ3n) is 5.30. The van der Waals surface area contributed by atoms with Crippen LogP contribution in [0.1, 0.15) is 41.8 Å². The molecule has 0 spiro atoms. The summed E-state index contributed by atoms with van der Waals surface area (Å²) in [4.78, 5) is 29.6. The summed E-state index contributed by atoms with van der Waals surface area (Å²) >= 11 is 0. The third kappa shape index (κ3) is 4.62. The number of benzene rings is 1. The van der Waals surface area contributed by atoms with Crippen LogP contribution >= 0.6 is 0 Å². The van der Waals surface area contributed by atoms with Crippen LogP contribution in [-0.4, -0.2) is 53.5 Å². The van der Waals surface area contributed by atoms with E-state index in [0.29, 0.717) is 18.7 Å². The molecule has 1 aliphatic heterocycles. The summed E-state index contributed by atoms with van der Waals surface area (Å²) in [5, 5.41) is 0. The maximum atomic E-state index is 13.2. The Bertz CT molecular complexity index is 780. The number of carbonyl (C=O) groups excluding carboxylic acids is 2. The highest BCUT2D eigenvalue weighted by atomic mass is 16.5. The van der Waals surface area contributed by atoms with E-state index in [1.54, 1.807) is 28.2 Å². The summed E-state index contributed by atoms with van der Waals surface area (Å²) in [5.74, 6) is 0.591. The van der Waals surface area contributed by atoms with E-state index in [1.807, 2.05) is 30.3 Å². The van der Waals surface area contributed by atoms with Crippen LogP contribution in [0.5, 0.6) is 0 Å². The molecule has 1 atom stereocenters. The van der Waals surface area contributed by atoms with Gasteiger partial charge in [0.2, 0.25) is 5.91 Å². The number of rotatable bonds is 8. The molecule has 28 heavy (non-hydrogen) atoms. The molecule has 0 unspecified atom stereocenters. The van der Waals surface area contributed by atoms with Gasteiger partial charge in [0.25, 0.3) is 5.91 Å². The Kier molecular flexibility index (Phi) is 5.76. The quantitative estimate of drug-likeness (QED) is 0.704. The molecule has 2 aromatic rings. The molecule has 2 heterocycles. The first-order chi connectivity index (χ1) is 13.7. The highest BCUT2D eigenvalue weighted by Crippen LogP contribution is 2.28. The number of furan rings is 1. The van der Waals surface area contributed by atoms with E-state index in [-0.39, 0.29) is 30.5 Å². The lowest BCUT2D eigenvalue weighted by Crippen LogP contribution is -2.45. The van der Waals surface area contributed by atoms with Crippen LogP contribution in [0.15, 0.2) is 53.1 Å². The minimum Gasteiger partial charge on any atom is -0.467 e. The van der Waals surface area contributed by atoms with Crippen molar-refractivity contribution in [2.24, 2.45) is 0 Å². The van der Waals surface area contributed by atoms with Crippen molar-refractivity contribution in [3.63, 3.8) is 0 Å². The van der Waals surface area contributed by atoms with Crippen LogP contribution in [0, 0.1) is 0 Å². The van der Waals surface area contributed by atoms with Gasteiger partial charge >= 0.3 is 0 Å². The van der Waals surface area contributed by atoms with Gasteiger partial charge in [0.15, 0.2) is 0 Å². The van der Waals surface area contributed by atoms with Gasteiger partial charge in [-0.05, 0) is 49.9 Å². The molecule has 4 rings (SSSR count). The lowest BCUT2D eigenvalue weighted by molar-refractivity contribution is -0.134. The maximum Gasteiger partial charge on any atom is 0.254 e. The van der Waals surface area contributed by atoms with Gasteiger partial charge in [0.05, 0.1) is 18.9 Å². The molecule has 1 saturated heterocycles. The van der Waals surface area contributed by atoms with Gasteiger partial charge in [0, 0.05) is 24.8 Å². The SMILES string of the molecule is O=C(CN(C(=O)c1ccccc1)C1CC1)N(Cc1ccco1)C[C@H]1CCCO1. The Labute approximate surface area is 165 Å². The Morgan fingerprint density at radius 2 is 1.86 bits per heavy atom. The van der Waals surface area contributed by atoms with Crippen LogP contribution in [0.25, 0.3) is 0 Å². The summed E-state index contributed by atoms with van der Waals surface area (Å²) in [6.45, 7) is 1.75. The summed E-state index contributed by atoms with van der Waals surface area (Å²) in [6.07, 6.45) is 5.55. The number of amides is 2. The number of carbonyl (C=O) groups is 2. The van der Waals surface area contributed by atoms with Crippen LogP contribution in [0.4, 0.5) is 0 Å². The van der Waals surface area contributed by atoms with E-state index >= 15 is 0 Å². The molecule has 1 aliphatic carbocycles. The lowest BCUT2D eigenvalue weighted by Gasteiger charge is -2.29. The van der Waals surface area contributed by atoms with Gasteiger partial charge in [-0.3, -0.25) is 9.59 Å². The fourth-order valence-corrected chi connectivity index (χ4v) is 3.62. The molecule has 2 amide bonds. The molecule has 6 nitrogen and oxygen atoms in total. The Balaban J connectivity index is 1.47.